The first kappa shape index (κ1) is 22.1. The SMILES string of the molecule is COC(=O)N(c1ccc(Oc2ccc(N(C(=O)OC)C(C)C)cc2)cc1)C(C)C. The number of carbonyl (C=O) groups excluding carboxylic acids is 2. The van der Waals surface area contributed by atoms with E-state index in [4.69, 9.17) is 14.2 Å². The van der Waals surface area contributed by atoms with E-state index in [-0.39, 0.29) is 12.1 Å². The van der Waals surface area contributed by atoms with E-state index in [0.29, 0.717) is 11.5 Å². The van der Waals surface area contributed by atoms with E-state index in [1.54, 1.807) is 58.3 Å². The van der Waals surface area contributed by atoms with Gasteiger partial charge in [-0.2, -0.15) is 0 Å². The van der Waals surface area contributed by atoms with Crippen LogP contribution in [0.25, 0.3) is 0 Å². The Morgan fingerprint density at radius 3 is 1.21 bits per heavy atom. The van der Waals surface area contributed by atoms with Gasteiger partial charge in [-0.1, -0.05) is 0 Å². The molecule has 0 heterocycles. The molecule has 7 nitrogen and oxygen atoms in total. The summed E-state index contributed by atoms with van der Waals surface area (Å²) < 4.78 is 15.6. The highest BCUT2D eigenvalue weighted by Gasteiger charge is 2.20. The molecule has 0 fully saturated rings. The van der Waals surface area contributed by atoms with Crippen LogP contribution in [0.15, 0.2) is 48.5 Å². The van der Waals surface area contributed by atoms with Crippen molar-refractivity contribution in [2.24, 2.45) is 0 Å². The third-order valence-electron chi connectivity index (χ3n) is 4.24. The van der Waals surface area contributed by atoms with Crippen LogP contribution >= 0.6 is 0 Å². The first-order chi connectivity index (χ1) is 13.8. The number of methoxy groups -OCH3 is 2. The summed E-state index contributed by atoms with van der Waals surface area (Å²) in [6, 6.07) is 14.3. The van der Waals surface area contributed by atoms with Crippen LogP contribution in [0.2, 0.25) is 0 Å². The van der Waals surface area contributed by atoms with Gasteiger partial charge in [0.25, 0.3) is 0 Å². The molecule has 2 aromatic carbocycles. The number of benzene rings is 2. The average Bonchev–Trinajstić information content (AvgIpc) is 2.70. The molecule has 29 heavy (non-hydrogen) atoms. The summed E-state index contributed by atoms with van der Waals surface area (Å²) in [6.07, 6.45) is -0.825. The van der Waals surface area contributed by atoms with Crippen LogP contribution in [-0.4, -0.2) is 38.5 Å². The minimum atomic E-state index is -0.412. The van der Waals surface area contributed by atoms with Gasteiger partial charge in [-0.3, -0.25) is 9.80 Å². The summed E-state index contributed by atoms with van der Waals surface area (Å²) in [5.74, 6) is 1.26. The van der Waals surface area contributed by atoms with Crippen LogP contribution in [0.1, 0.15) is 27.7 Å². The van der Waals surface area contributed by atoms with Gasteiger partial charge < -0.3 is 14.2 Å². The van der Waals surface area contributed by atoms with Crippen LogP contribution in [0.3, 0.4) is 0 Å². The smallest absolute Gasteiger partial charge is 0.414 e. The van der Waals surface area contributed by atoms with Gasteiger partial charge >= 0.3 is 12.2 Å². The van der Waals surface area contributed by atoms with Crippen molar-refractivity contribution in [3.8, 4) is 11.5 Å². The Hall–Kier alpha value is -3.22. The second-order valence-electron chi connectivity index (χ2n) is 6.96. The lowest BCUT2D eigenvalue weighted by Crippen LogP contribution is -2.36. The second kappa shape index (κ2) is 9.82. The summed E-state index contributed by atoms with van der Waals surface area (Å²) in [7, 11) is 2.72. The Kier molecular flexibility index (Phi) is 7.47. The van der Waals surface area contributed by atoms with Crippen molar-refractivity contribution in [2.75, 3.05) is 24.0 Å². The van der Waals surface area contributed by atoms with Gasteiger partial charge in [-0.05, 0) is 76.2 Å². The highest BCUT2D eigenvalue weighted by atomic mass is 16.5. The molecule has 0 saturated carbocycles. The molecular weight excluding hydrogens is 372 g/mol. The Labute approximate surface area is 171 Å². The molecule has 2 aromatic rings. The zero-order chi connectivity index (χ0) is 21.6. The number of hydrogen-bond acceptors (Lipinski definition) is 5. The average molecular weight is 400 g/mol. The lowest BCUT2D eigenvalue weighted by atomic mass is 10.2. The van der Waals surface area contributed by atoms with Crippen molar-refractivity contribution in [1.29, 1.82) is 0 Å². The van der Waals surface area contributed by atoms with Crippen molar-refractivity contribution in [3.63, 3.8) is 0 Å². The van der Waals surface area contributed by atoms with Gasteiger partial charge in [0.1, 0.15) is 11.5 Å². The highest BCUT2D eigenvalue weighted by molar-refractivity contribution is 5.88. The van der Waals surface area contributed by atoms with E-state index >= 15 is 0 Å². The molecule has 0 unspecified atom stereocenters. The van der Waals surface area contributed by atoms with Gasteiger partial charge in [-0.25, -0.2) is 9.59 Å². The van der Waals surface area contributed by atoms with E-state index < -0.39 is 12.2 Å². The maximum absolute atomic E-state index is 12.0. The molecule has 0 bridgehead atoms. The van der Waals surface area contributed by atoms with Crippen LogP contribution in [0.4, 0.5) is 21.0 Å². The van der Waals surface area contributed by atoms with Crippen LogP contribution < -0.4 is 14.5 Å². The standard InChI is InChI=1S/C22H28N2O5/c1-15(2)23(21(25)27-5)17-7-11-19(12-8-17)29-20-13-9-18(10-14-20)24(16(3)4)22(26)28-6/h7-16H,1-6H3. The lowest BCUT2D eigenvalue weighted by molar-refractivity contribution is 0.176. The molecule has 156 valence electrons. The zero-order valence-corrected chi connectivity index (χ0v) is 17.7. The van der Waals surface area contributed by atoms with Crippen molar-refractivity contribution in [3.05, 3.63) is 48.5 Å². The van der Waals surface area contributed by atoms with Gasteiger partial charge in [0, 0.05) is 23.5 Å². The van der Waals surface area contributed by atoms with Crippen molar-refractivity contribution in [2.45, 2.75) is 39.8 Å². The van der Waals surface area contributed by atoms with Gasteiger partial charge in [0.05, 0.1) is 14.2 Å². The van der Waals surface area contributed by atoms with Crippen molar-refractivity contribution >= 4 is 23.6 Å². The fourth-order valence-corrected chi connectivity index (χ4v) is 2.91. The monoisotopic (exact) mass is 400 g/mol. The fourth-order valence-electron chi connectivity index (χ4n) is 2.91. The first-order valence-corrected chi connectivity index (χ1v) is 9.40. The van der Waals surface area contributed by atoms with Crippen LogP contribution in [0.5, 0.6) is 11.5 Å². The second-order valence-corrected chi connectivity index (χ2v) is 6.96. The minimum Gasteiger partial charge on any atom is -0.457 e. The molecule has 0 aliphatic carbocycles. The van der Waals surface area contributed by atoms with Crippen molar-refractivity contribution in [1.82, 2.24) is 0 Å². The molecule has 0 aliphatic rings. The summed E-state index contributed by atoms with van der Waals surface area (Å²) in [4.78, 5) is 27.1. The predicted octanol–water partition coefficient (Wildman–Crippen LogP) is 5.44. The third kappa shape index (κ3) is 5.40. The molecule has 0 N–H and O–H groups in total. The topological polar surface area (TPSA) is 68.3 Å². The number of anilines is 2. The minimum absolute atomic E-state index is 0.0412. The van der Waals surface area contributed by atoms with Gasteiger partial charge in [0.15, 0.2) is 0 Å². The predicted molar refractivity (Wildman–Crippen MR) is 113 cm³/mol. The molecule has 0 atom stereocenters. The third-order valence-corrected chi connectivity index (χ3v) is 4.24. The highest BCUT2D eigenvalue weighted by Crippen LogP contribution is 2.28. The fraction of sp³-hybridized carbons (Fsp3) is 0.364. The number of rotatable bonds is 6. The lowest BCUT2D eigenvalue weighted by Gasteiger charge is -2.25. The van der Waals surface area contributed by atoms with E-state index in [9.17, 15) is 9.59 Å². The molecule has 0 spiro atoms. The Morgan fingerprint density at radius 2 is 0.966 bits per heavy atom. The largest absolute Gasteiger partial charge is 0.457 e. The molecule has 0 aromatic heterocycles. The quantitative estimate of drug-likeness (QED) is 0.646. The van der Waals surface area contributed by atoms with E-state index in [1.165, 1.54) is 14.2 Å². The zero-order valence-electron chi connectivity index (χ0n) is 17.7. The molecule has 0 saturated heterocycles. The Balaban J connectivity index is 2.14. The van der Waals surface area contributed by atoms with Crippen molar-refractivity contribution < 1.29 is 23.8 Å². The van der Waals surface area contributed by atoms with Gasteiger partial charge in [0.2, 0.25) is 0 Å². The van der Waals surface area contributed by atoms with Crippen LogP contribution in [-0.2, 0) is 9.47 Å². The maximum Gasteiger partial charge on any atom is 0.414 e. The molecule has 7 heteroatoms. The normalized spacial score (nSPS) is 10.6. The molecule has 0 aliphatic heterocycles. The number of amides is 2. The number of nitrogens with zero attached hydrogens (tertiary/aromatic N) is 2. The van der Waals surface area contributed by atoms with E-state index in [0.717, 1.165) is 11.4 Å². The number of carbonyl (C=O) groups is 2. The van der Waals surface area contributed by atoms with E-state index in [1.807, 2.05) is 27.7 Å². The molecule has 0 radical (unpaired) electrons. The molecular formula is C22H28N2O5. The maximum atomic E-state index is 12.0. The Morgan fingerprint density at radius 1 is 0.655 bits per heavy atom. The number of ether oxygens (including phenoxy) is 3. The number of hydrogen-bond donors (Lipinski definition) is 0. The summed E-state index contributed by atoms with van der Waals surface area (Å²) in [5.41, 5.74) is 1.44. The summed E-state index contributed by atoms with van der Waals surface area (Å²) in [5, 5.41) is 0. The summed E-state index contributed by atoms with van der Waals surface area (Å²) >= 11 is 0. The molecule has 2 amide bonds. The molecule has 2 rings (SSSR count). The van der Waals surface area contributed by atoms with E-state index in [2.05, 4.69) is 0 Å². The van der Waals surface area contributed by atoms with Gasteiger partial charge in [-0.15, -0.1) is 0 Å². The first-order valence-electron chi connectivity index (χ1n) is 9.40. The Bertz CT molecular complexity index is 747. The van der Waals surface area contributed by atoms with Crippen LogP contribution in [0, 0.1) is 0 Å². The summed E-state index contributed by atoms with van der Waals surface area (Å²) in [6.45, 7) is 7.66.